The van der Waals surface area contributed by atoms with Crippen molar-refractivity contribution in [1.82, 2.24) is 4.57 Å². The summed E-state index contributed by atoms with van der Waals surface area (Å²) in [5.74, 6) is -0.217. The van der Waals surface area contributed by atoms with Crippen LogP contribution in [-0.2, 0) is 13.6 Å². The van der Waals surface area contributed by atoms with Gasteiger partial charge in [-0.1, -0.05) is 12.1 Å². The minimum atomic E-state index is -0.217. The molecular formula is C10H10BrFN2. The van der Waals surface area contributed by atoms with Gasteiger partial charge >= 0.3 is 0 Å². The van der Waals surface area contributed by atoms with Crippen molar-refractivity contribution in [3.63, 3.8) is 0 Å². The molecule has 0 radical (unpaired) electrons. The molecule has 2 nitrogen and oxygen atoms in total. The molecule has 1 aromatic carbocycles. The van der Waals surface area contributed by atoms with E-state index < -0.39 is 0 Å². The first-order chi connectivity index (χ1) is 6.66. The van der Waals surface area contributed by atoms with E-state index in [9.17, 15) is 4.39 Å². The van der Waals surface area contributed by atoms with Crippen LogP contribution in [0.2, 0.25) is 0 Å². The fraction of sp³-hybridized carbons (Fsp3) is 0.200. The Balaban J connectivity index is 2.95. The lowest BCUT2D eigenvalue weighted by molar-refractivity contribution is 0.631. The number of hydrogen-bond acceptors (Lipinski definition) is 1. The fourth-order valence-electron chi connectivity index (χ4n) is 1.71. The van der Waals surface area contributed by atoms with Crippen LogP contribution in [0.1, 0.15) is 5.56 Å². The number of hydrogen-bond donors (Lipinski definition) is 1. The summed E-state index contributed by atoms with van der Waals surface area (Å²) in [5, 5.41) is 0.877. The van der Waals surface area contributed by atoms with Gasteiger partial charge in [0.15, 0.2) is 0 Å². The van der Waals surface area contributed by atoms with Crippen LogP contribution in [0.3, 0.4) is 0 Å². The van der Waals surface area contributed by atoms with Crippen molar-refractivity contribution in [2.45, 2.75) is 6.54 Å². The average molecular weight is 257 g/mol. The van der Waals surface area contributed by atoms with E-state index in [-0.39, 0.29) is 5.82 Å². The molecule has 0 saturated carbocycles. The molecule has 0 aliphatic rings. The van der Waals surface area contributed by atoms with E-state index in [2.05, 4.69) is 15.9 Å². The zero-order valence-corrected chi connectivity index (χ0v) is 9.31. The van der Waals surface area contributed by atoms with Gasteiger partial charge < -0.3 is 10.3 Å². The Morgan fingerprint density at radius 1 is 1.50 bits per heavy atom. The van der Waals surface area contributed by atoms with E-state index in [1.54, 1.807) is 10.6 Å². The summed E-state index contributed by atoms with van der Waals surface area (Å²) in [5.41, 5.74) is 7.16. The number of rotatable bonds is 1. The van der Waals surface area contributed by atoms with Crippen molar-refractivity contribution < 1.29 is 4.39 Å². The molecule has 1 heterocycles. The Labute approximate surface area is 89.6 Å². The number of fused-ring (bicyclic) bond motifs is 1. The van der Waals surface area contributed by atoms with Gasteiger partial charge in [0.25, 0.3) is 0 Å². The first-order valence-corrected chi connectivity index (χ1v) is 5.07. The van der Waals surface area contributed by atoms with Crippen molar-refractivity contribution in [2.75, 3.05) is 0 Å². The third-order valence-electron chi connectivity index (χ3n) is 2.39. The first kappa shape index (κ1) is 9.68. The Morgan fingerprint density at radius 2 is 2.21 bits per heavy atom. The van der Waals surface area contributed by atoms with E-state index in [4.69, 9.17) is 5.73 Å². The molecule has 1 aromatic heterocycles. The summed E-state index contributed by atoms with van der Waals surface area (Å²) in [7, 11) is 1.81. The lowest BCUT2D eigenvalue weighted by atomic mass is 10.2. The van der Waals surface area contributed by atoms with Crippen molar-refractivity contribution in [1.29, 1.82) is 0 Å². The summed E-state index contributed by atoms with van der Waals surface area (Å²) in [6, 6.07) is 5.03. The normalized spacial score (nSPS) is 11.1. The maximum absolute atomic E-state index is 13.5. The van der Waals surface area contributed by atoms with Gasteiger partial charge in [-0.25, -0.2) is 4.39 Å². The summed E-state index contributed by atoms with van der Waals surface area (Å²) in [4.78, 5) is 0. The molecule has 0 bridgehead atoms. The topological polar surface area (TPSA) is 30.9 Å². The van der Waals surface area contributed by atoms with E-state index in [0.717, 1.165) is 15.6 Å². The van der Waals surface area contributed by atoms with E-state index >= 15 is 0 Å². The third-order valence-corrected chi connectivity index (χ3v) is 3.41. The summed E-state index contributed by atoms with van der Waals surface area (Å²) in [6.45, 7) is 0.404. The molecule has 0 atom stereocenters. The molecule has 0 fully saturated rings. The monoisotopic (exact) mass is 256 g/mol. The summed E-state index contributed by atoms with van der Waals surface area (Å²) >= 11 is 3.40. The van der Waals surface area contributed by atoms with Crippen molar-refractivity contribution in [2.24, 2.45) is 12.8 Å². The van der Waals surface area contributed by atoms with Gasteiger partial charge in [0.2, 0.25) is 0 Å². The molecule has 0 saturated heterocycles. The number of para-hydroxylation sites is 1. The minimum Gasteiger partial charge on any atom is -0.336 e. The fourth-order valence-corrected chi connectivity index (χ4v) is 2.26. The van der Waals surface area contributed by atoms with Gasteiger partial charge in [-0.2, -0.15) is 0 Å². The molecule has 74 valence electrons. The first-order valence-electron chi connectivity index (χ1n) is 4.28. The van der Waals surface area contributed by atoms with E-state index in [0.29, 0.717) is 12.1 Å². The molecule has 0 aliphatic heterocycles. The predicted octanol–water partition coefficient (Wildman–Crippen LogP) is 2.54. The number of aromatic nitrogens is 1. The van der Waals surface area contributed by atoms with Crippen molar-refractivity contribution >= 4 is 26.8 Å². The SMILES string of the molecule is Cn1c(Br)c(CN)c2cccc(F)c21. The highest BCUT2D eigenvalue weighted by atomic mass is 79.9. The maximum Gasteiger partial charge on any atom is 0.147 e. The molecule has 0 aliphatic carbocycles. The largest absolute Gasteiger partial charge is 0.336 e. The molecule has 2 rings (SSSR count). The highest BCUT2D eigenvalue weighted by Crippen LogP contribution is 2.30. The van der Waals surface area contributed by atoms with Crippen LogP contribution in [0.15, 0.2) is 22.8 Å². The number of benzene rings is 1. The van der Waals surface area contributed by atoms with Gasteiger partial charge in [0.05, 0.1) is 10.1 Å². The lowest BCUT2D eigenvalue weighted by Crippen LogP contribution is -1.96. The average Bonchev–Trinajstić information content (AvgIpc) is 2.41. The van der Waals surface area contributed by atoms with Gasteiger partial charge in [0, 0.05) is 24.5 Å². The predicted molar refractivity (Wildman–Crippen MR) is 58.5 cm³/mol. The molecule has 2 N–H and O–H groups in total. The number of nitrogens with zero attached hydrogens (tertiary/aromatic N) is 1. The standard InChI is InChI=1S/C10H10BrFN2/c1-14-9-6(3-2-4-8(9)12)7(5-13)10(14)11/h2-4H,5,13H2,1H3. The van der Waals surface area contributed by atoms with Crippen LogP contribution in [0.4, 0.5) is 4.39 Å². The molecule has 0 spiro atoms. The molecule has 4 heteroatoms. The zero-order chi connectivity index (χ0) is 10.3. The summed E-state index contributed by atoms with van der Waals surface area (Å²) < 4.78 is 16.1. The highest BCUT2D eigenvalue weighted by Gasteiger charge is 2.14. The minimum absolute atomic E-state index is 0.217. The summed E-state index contributed by atoms with van der Waals surface area (Å²) in [6.07, 6.45) is 0. The number of aryl methyl sites for hydroxylation is 1. The van der Waals surface area contributed by atoms with Gasteiger partial charge in [0.1, 0.15) is 5.82 Å². The van der Waals surface area contributed by atoms with Crippen LogP contribution in [-0.4, -0.2) is 4.57 Å². The van der Waals surface area contributed by atoms with Crippen LogP contribution >= 0.6 is 15.9 Å². The van der Waals surface area contributed by atoms with Gasteiger partial charge in [-0.05, 0) is 22.0 Å². The van der Waals surface area contributed by atoms with E-state index in [1.807, 2.05) is 13.1 Å². The number of nitrogens with two attached hydrogens (primary N) is 1. The Kier molecular flexibility index (Phi) is 2.33. The van der Waals surface area contributed by atoms with Crippen molar-refractivity contribution in [3.05, 3.63) is 34.2 Å². The molecule has 0 amide bonds. The van der Waals surface area contributed by atoms with Gasteiger partial charge in [-0.3, -0.25) is 0 Å². The highest BCUT2D eigenvalue weighted by molar-refractivity contribution is 9.10. The van der Waals surface area contributed by atoms with Crippen LogP contribution in [0.5, 0.6) is 0 Å². The second kappa shape index (κ2) is 3.37. The maximum atomic E-state index is 13.5. The van der Waals surface area contributed by atoms with Gasteiger partial charge in [-0.15, -0.1) is 0 Å². The Bertz CT molecular complexity index is 490. The molecule has 2 aromatic rings. The molecule has 0 unspecified atom stereocenters. The Hall–Kier alpha value is -0.870. The quantitative estimate of drug-likeness (QED) is 0.836. The van der Waals surface area contributed by atoms with E-state index in [1.165, 1.54) is 6.07 Å². The molecular weight excluding hydrogens is 247 g/mol. The molecule has 14 heavy (non-hydrogen) atoms. The van der Waals surface area contributed by atoms with Crippen LogP contribution < -0.4 is 5.73 Å². The second-order valence-electron chi connectivity index (χ2n) is 3.17. The smallest absolute Gasteiger partial charge is 0.147 e. The lowest BCUT2D eigenvalue weighted by Gasteiger charge is -1.97. The van der Waals surface area contributed by atoms with Crippen LogP contribution in [0.25, 0.3) is 10.9 Å². The van der Waals surface area contributed by atoms with Crippen molar-refractivity contribution in [3.8, 4) is 0 Å². The second-order valence-corrected chi connectivity index (χ2v) is 3.92. The number of halogens is 2. The van der Waals surface area contributed by atoms with Crippen LogP contribution in [0, 0.1) is 5.82 Å². The third kappa shape index (κ3) is 1.18. The Morgan fingerprint density at radius 3 is 2.86 bits per heavy atom. The zero-order valence-electron chi connectivity index (χ0n) is 7.72.